The fraction of sp³-hybridized carbons (Fsp3) is 0.583. The van der Waals surface area contributed by atoms with Crippen molar-refractivity contribution in [3.63, 3.8) is 0 Å². The summed E-state index contributed by atoms with van der Waals surface area (Å²) in [5, 5.41) is 0.810. The van der Waals surface area contributed by atoms with Gasteiger partial charge in [-0.1, -0.05) is 251 Å². The third kappa shape index (κ3) is 10.4. The van der Waals surface area contributed by atoms with Crippen LogP contribution in [0.5, 0.6) is 0 Å². The van der Waals surface area contributed by atoms with Crippen LogP contribution in [-0.4, -0.2) is 29.0 Å². The zero-order valence-electron chi connectivity index (χ0n) is 69.3. The van der Waals surface area contributed by atoms with E-state index in [1.165, 1.54) is 166 Å². The summed E-state index contributed by atoms with van der Waals surface area (Å²) >= 11 is 8.08. The lowest BCUT2D eigenvalue weighted by molar-refractivity contribution is -0.0559. The highest BCUT2D eigenvalue weighted by Gasteiger charge is 2.68. The molecule has 104 heavy (non-hydrogen) atoms. The van der Waals surface area contributed by atoms with Crippen LogP contribution < -0.4 is 30.5 Å². The molecule has 6 aromatic rings. The van der Waals surface area contributed by atoms with Crippen LogP contribution in [0, 0.1) is 10.8 Å². The fourth-order valence-corrected chi connectivity index (χ4v) is 22.6. The predicted octanol–water partition coefficient (Wildman–Crippen LogP) is 25.8. The van der Waals surface area contributed by atoms with Gasteiger partial charge in [-0.2, -0.15) is 0 Å². The number of hydrogen-bond donors (Lipinski definition) is 0. The molecule has 8 unspecified atom stereocenters. The molecule has 8 heteroatoms. The van der Waals surface area contributed by atoms with Gasteiger partial charge in [-0.25, -0.2) is 0 Å². The van der Waals surface area contributed by atoms with Crippen molar-refractivity contribution in [1.29, 1.82) is 0 Å². The van der Waals surface area contributed by atoms with E-state index in [0.717, 1.165) is 54.2 Å². The summed E-state index contributed by atoms with van der Waals surface area (Å²) in [5.41, 5.74) is 27.8. The van der Waals surface area contributed by atoms with E-state index < -0.39 is 0 Å². The zero-order valence-corrected chi connectivity index (χ0v) is 70.0. The highest BCUT2D eigenvalue weighted by Crippen LogP contribution is 2.69. The highest BCUT2D eigenvalue weighted by atomic mass is 35.5. The van der Waals surface area contributed by atoms with Gasteiger partial charge in [0, 0.05) is 45.0 Å². The van der Waals surface area contributed by atoms with Crippen LogP contribution in [0.1, 0.15) is 327 Å². The molecule has 0 spiro atoms. The van der Waals surface area contributed by atoms with Gasteiger partial charge in [0.25, 0.3) is 6.71 Å². The van der Waals surface area contributed by atoms with Crippen LogP contribution in [-0.2, 0) is 52.8 Å². The molecule has 6 nitrogen and oxygen atoms in total. The van der Waals surface area contributed by atoms with Crippen LogP contribution in [0.3, 0.4) is 0 Å². The number of ether oxygens (including phenoxy) is 2. The van der Waals surface area contributed by atoms with Crippen LogP contribution in [0.25, 0.3) is 0 Å². The SMILES string of the molecule is CC(C)(C)c1ccc(N(C2=COC3(C)CCCCC23C)c2cc(C(C)(C)C)cc(N3c4cccc(C(C)(C)C)c4C4(C)CCCCC34C)c2Cl)cc1.CC(C)(C)c1ccc(N2C3=C(OC4(C)CCCCC34C)B3c4ccc(C(C)(C)C)c5c4N(c4cc(C(C)(C)C)cc2c43)C2(C)CCCCC52C)cc1. The number of anilines is 8. The molecular formula is C96H128BClN4O2. The van der Waals surface area contributed by atoms with E-state index in [1.54, 1.807) is 5.56 Å². The minimum Gasteiger partial charge on any atom is -0.498 e. The van der Waals surface area contributed by atoms with Crippen molar-refractivity contribution < 1.29 is 9.47 Å². The molecule has 554 valence electrons. The number of nitrogens with zero attached hydrogens (tertiary/aromatic N) is 4. The quantitative estimate of drug-likeness (QED) is 0.160. The first kappa shape index (κ1) is 73.5. The normalized spacial score (nSPS) is 29.7. The van der Waals surface area contributed by atoms with E-state index in [0.29, 0.717) is 0 Å². The molecule has 10 aliphatic rings. The molecule has 0 amide bonds. The van der Waals surface area contributed by atoms with Crippen LogP contribution >= 0.6 is 11.6 Å². The highest BCUT2D eigenvalue weighted by molar-refractivity contribution is 6.95. The molecule has 4 fully saturated rings. The lowest BCUT2D eigenvalue weighted by atomic mass is 9.35. The van der Waals surface area contributed by atoms with Crippen molar-refractivity contribution in [3.05, 3.63) is 176 Å². The Morgan fingerprint density at radius 3 is 1.46 bits per heavy atom. The molecule has 4 aliphatic carbocycles. The molecule has 6 aliphatic heterocycles. The Bertz CT molecular complexity index is 4520. The maximum atomic E-state index is 8.08. The van der Waals surface area contributed by atoms with Gasteiger partial charge in [-0.3, -0.25) is 0 Å². The van der Waals surface area contributed by atoms with Crippen molar-refractivity contribution in [1.82, 2.24) is 0 Å². The molecule has 6 aromatic carbocycles. The third-order valence-electron chi connectivity index (χ3n) is 29.7. The predicted molar refractivity (Wildman–Crippen MR) is 445 cm³/mol. The molecule has 16 rings (SSSR count). The summed E-state index contributed by atoms with van der Waals surface area (Å²) in [5.74, 6) is 0. The Morgan fingerprint density at radius 1 is 0.423 bits per heavy atom. The lowest BCUT2D eigenvalue weighted by Gasteiger charge is -2.53. The Balaban J connectivity index is 0.000000167. The minimum atomic E-state index is -0.254. The zero-order chi connectivity index (χ0) is 75.0. The van der Waals surface area contributed by atoms with Gasteiger partial charge in [0.15, 0.2) is 0 Å². The second-order valence-corrected chi connectivity index (χ2v) is 42.7. The second kappa shape index (κ2) is 23.5. The Labute approximate surface area is 635 Å². The second-order valence-electron chi connectivity index (χ2n) is 42.4. The van der Waals surface area contributed by atoms with Crippen LogP contribution in [0.15, 0.2) is 126 Å². The molecule has 4 saturated carbocycles. The summed E-state index contributed by atoms with van der Waals surface area (Å²) in [6.45, 7) is 62.6. The van der Waals surface area contributed by atoms with Crippen LogP contribution in [0.4, 0.5) is 45.5 Å². The van der Waals surface area contributed by atoms with Crippen molar-refractivity contribution >= 4 is 74.7 Å². The van der Waals surface area contributed by atoms with Gasteiger partial charge in [0.2, 0.25) is 0 Å². The first-order valence-corrected chi connectivity index (χ1v) is 41.2. The van der Waals surface area contributed by atoms with Crippen molar-refractivity contribution in [3.8, 4) is 0 Å². The first-order chi connectivity index (χ1) is 48.2. The third-order valence-corrected chi connectivity index (χ3v) is 30.1. The molecule has 0 saturated heterocycles. The van der Waals surface area contributed by atoms with Crippen LogP contribution in [0.2, 0.25) is 5.02 Å². The van der Waals surface area contributed by atoms with E-state index >= 15 is 0 Å². The molecule has 0 N–H and O–H groups in total. The topological polar surface area (TPSA) is 31.4 Å². The van der Waals surface area contributed by atoms with E-state index in [1.807, 2.05) is 0 Å². The monoisotopic (exact) mass is 1410 g/mol. The number of halogens is 1. The smallest absolute Gasteiger partial charge is 0.295 e. The van der Waals surface area contributed by atoms with Gasteiger partial charge in [0.1, 0.15) is 17.5 Å². The largest absolute Gasteiger partial charge is 0.498 e. The lowest BCUT2D eigenvalue weighted by Crippen LogP contribution is -2.61. The van der Waals surface area contributed by atoms with E-state index in [4.69, 9.17) is 21.1 Å². The number of hydrogen-bond acceptors (Lipinski definition) is 6. The van der Waals surface area contributed by atoms with E-state index in [-0.39, 0.29) is 83.1 Å². The van der Waals surface area contributed by atoms with E-state index in [2.05, 4.69) is 309 Å². The number of rotatable bonds is 5. The molecular weight excluding hydrogens is 1290 g/mol. The van der Waals surface area contributed by atoms with Gasteiger partial charge in [0.05, 0.1) is 55.4 Å². The van der Waals surface area contributed by atoms with Gasteiger partial charge < -0.3 is 29.1 Å². The Morgan fingerprint density at radius 2 is 0.894 bits per heavy atom. The maximum Gasteiger partial charge on any atom is 0.295 e. The van der Waals surface area contributed by atoms with Crippen molar-refractivity contribution in [2.45, 2.75) is 348 Å². The summed E-state index contributed by atoms with van der Waals surface area (Å²) in [6, 6.07) is 41.0. The molecule has 8 atom stereocenters. The standard InChI is InChI=1S/C48H63BN2O.C48H65ClN2O/c1-42(2,3)30-18-20-32(21-19-30)50-35-28-31(43(4,5)6)29-36-38(35)49(41-40(50)46(11)25-15-17-27-48(46,13)52-41)34-23-22-33(44(7,8)9)37-39(34)51(36)47(12)26-16-14-24-45(37,47)10;1-42(2,3)32-21-23-34(24-22-32)50(39-31-52-48(13)28-17-15-25-45(39,48)10)37-29-33(43(4,5)6)30-38(41(37)49)51-36-20-18-19-35(44(7,8)9)40(36)46(11)26-14-16-27-47(46,51)12/h18-23,28-29H,14-17,24-27H2,1-13H3;18-24,29-31H,14-17,25-28H2,1-13H3. The molecule has 0 aromatic heterocycles. The van der Waals surface area contributed by atoms with Crippen molar-refractivity contribution in [2.24, 2.45) is 10.8 Å². The summed E-state index contributed by atoms with van der Waals surface area (Å²) in [7, 11) is 0. The van der Waals surface area contributed by atoms with Gasteiger partial charge >= 0.3 is 0 Å². The maximum absolute atomic E-state index is 8.08. The Kier molecular flexibility index (Phi) is 16.6. The summed E-state index contributed by atoms with van der Waals surface area (Å²) in [6.07, 6.45) is 21.1. The van der Waals surface area contributed by atoms with Gasteiger partial charge in [-0.15, -0.1) is 0 Å². The summed E-state index contributed by atoms with van der Waals surface area (Å²) < 4.78 is 14.4. The average molecular weight is 1420 g/mol. The molecule has 6 heterocycles. The first-order valence-electron chi connectivity index (χ1n) is 40.8. The number of benzene rings is 6. The number of fused-ring (bicyclic) bond motifs is 12. The Hall–Kier alpha value is -6.05. The summed E-state index contributed by atoms with van der Waals surface area (Å²) in [4.78, 5) is 10.8. The fourth-order valence-electron chi connectivity index (χ4n) is 22.3. The van der Waals surface area contributed by atoms with E-state index in [9.17, 15) is 0 Å². The molecule has 0 radical (unpaired) electrons. The minimum absolute atomic E-state index is 0.00658. The van der Waals surface area contributed by atoms with Crippen molar-refractivity contribution in [2.75, 3.05) is 19.6 Å². The van der Waals surface area contributed by atoms with Gasteiger partial charge in [-0.05, 0) is 234 Å². The molecule has 0 bridgehead atoms. The average Bonchev–Trinajstić information content (AvgIpc) is 1.47.